The number of fused-ring (bicyclic) bond motifs is 1. The number of hydrogen-bond acceptors (Lipinski definition) is 4. The molecule has 74 valence electrons. The Bertz CT molecular complexity index is 584. The first-order chi connectivity index (χ1) is 6.47. The second-order valence-electron chi connectivity index (χ2n) is 2.83. The van der Waals surface area contributed by atoms with Gasteiger partial charge in [0.05, 0.1) is 0 Å². The molecule has 0 saturated heterocycles. The van der Waals surface area contributed by atoms with Crippen LogP contribution in [0.5, 0.6) is 5.75 Å². The van der Waals surface area contributed by atoms with Crippen molar-refractivity contribution < 1.29 is 17.9 Å². The third-order valence-electron chi connectivity index (χ3n) is 1.76. The van der Waals surface area contributed by atoms with Crippen LogP contribution >= 0.6 is 0 Å². The number of hydrogen-bond donors (Lipinski definition) is 2. The number of phenols is 1. The van der Waals surface area contributed by atoms with Crippen molar-refractivity contribution in [2.45, 2.75) is 5.09 Å². The fraction of sp³-hybridized carbons (Fsp3) is 0. The molecule has 0 saturated carbocycles. The molecule has 0 atom stereocenters. The maximum atomic E-state index is 10.9. The number of furan rings is 1. The first kappa shape index (κ1) is 9.04. The first-order valence-electron chi connectivity index (χ1n) is 3.72. The molecular weight excluding hydrogens is 206 g/mol. The summed E-state index contributed by atoms with van der Waals surface area (Å²) in [5, 5.41) is 14.2. The van der Waals surface area contributed by atoms with E-state index >= 15 is 0 Å². The second-order valence-corrected chi connectivity index (χ2v) is 4.32. The number of rotatable bonds is 1. The topological polar surface area (TPSA) is 93.5 Å². The van der Waals surface area contributed by atoms with Crippen LogP contribution in [0, 0.1) is 0 Å². The lowest BCUT2D eigenvalue weighted by Crippen LogP contribution is -2.10. The Morgan fingerprint density at radius 1 is 1.29 bits per heavy atom. The van der Waals surface area contributed by atoms with Gasteiger partial charge < -0.3 is 9.52 Å². The van der Waals surface area contributed by atoms with Crippen molar-refractivity contribution >= 4 is 21.0 Å². The molecule has 1 heterocycles. The van der Waals surface area contributed by atoms with Crippen LogP contribution in [0.3, 0.4) is 0 Å². The van der Waals surface area contributed by atoms with Crippen molar-refractivity contribution in [2.75, 3.05) is 0 Å². The van der Waals surface area contributed by atoms with E-state index < -0.39 is 10.0 Å². The molecule has 0 radical (unpaired) electrons. The Morgan fingerprint density at radius 2 is 2.00 bits per heavy atom. The molecule has 0 fully saturated rings. The summed E-state index contributed by atoms with van der Waals surface area (Å²) in [5.74, 6) is 0.0410. The van der Waals surface area contributed by atoms with E-state index in [0.717, 1.165) is 0 Å². The Morgan fingerprint density at radius 3 is 2.64 bits per heavy atom. The second kappa shape index (κ2) is 2.73. The van der Waals surface area contributed by atoms with Gasteiger partial charge in [0.15, 0.2) is 0 Å². The zero-order valence-electron chi connectivity index (χ0n) is 6.97. The minimum absolute atomic E-state index is 0.0410. The highest BCUT2D eigenvalue weighted by Gasteiger charge is 2.14. The lowest BCUT2D eigenvalue weighted by molar-refractivity contribution is 0.473. The van der Waals surface area contributed by atoms with Crippen molar-refractivity contribution in [1.29, 1.82) is 0 Å². The largest absolute Gasteiger partial charge is 0.508 e. The highest BCUT2D eigenvalue weighted by atomic mass is 32.2. The summed E-state index contributed by atoms with van der Waals surface area (Å²) in [6, 6.07) is 5.54. The van der Waals surface area contributed by atoms with Crippen LogP contribution in [0.25, 0.3) is 11.0 Å². The number of primary sulfonamides is 1. The number of phenolic OH excluding ortho intramolecular Hbond substituents is 1. The van der Waals surface area contributed by atoms with Gasteiger partial charge in [-0.1, -0.05) is 0 Å². The zero-order valence-corrected chi connectivity index (χ0v) is 7.78. The molecule has 0 spiro atoms. The van der Waals surface area contributed by atoms with Gasteiger partial charge in [0.1, 0.15) is 11.3 Å². The summed E-state index contributed by atoms with van der Waals surface area (Å²) in [5.41, 5.74) is 0.367. The molecule has 5 nitrogen and oxygen atoms in total. The molecule has 0 bridgehead atoms. The van der Waals surface area contributed by atoms with Crippen molar-refractivity contribution in [3.8, 4) is 5.75 Å². The van der Waals surface area contributed by atoms with Crippen molar-refractivity contribution in [1.82, 2.24) is 0 Å². The predicted molar refractivity (Wildman–Crippen MR) is 49.3 cm³/mol. The Hall–Kier alpha value is -1.53. The van der Waals surface area contributed by atoms with Gasteiger partial charge in [0.25, 0.3) is 10.0 Å². The van der Waals surface area contributed by atoms with Gasteiger partial charge in [-0.2, -0.15) is 0 Å². The van der Waals surface area contributed by atoms with E-state index in [1.807, 2.05) is 0 Å². The number of aromatic hydroxyl groups is 1. The van der Waals surface area contributed by atoms with E-state index in [1.54, 1.807) is 0 Å². The van der Waals surface area contributed by atoms with E-state index in [2.05, 4.69) is 0 Å². The molecule has 0 amide bonds. The van der Waals surface area contributed by atoms with E-state index in [-0.39, 0.29) is 10.8 Å². The van der Waals surface area contributed by atoms with Gasteiger partial charge in [-0.05, 0) is 18.2 Å². The molecule has 6 heteroatoms. The molecule has 1 aromatic heterocycles. The van der Waals surface area contributed by atoms with Gasteiger partial charge in [0.2, 0.25) is 5.09 Å². The molecule has 1 aromatic carbocycles. The fourth-order valence-corrected chi connectivity index (χ4v) is 1.64. The van der Waals surface area contributed by atoms with Gasteiger partial charge in [0, 0.05) is 11.5 Å². The molecule has 2 rings (SSSR count). The van der Waals surface area contributed by atoms with Crippen molar-refractivity contribution in [2.24, 2.45) is 5.14 Å². The minimum Gasteiger partial charge on any atom is -0.508 e. The third kappa shape index (κ3) is 1.45. The number of benzene rings is 1. The quantitative estimate of drug-likeness (QED) is 0.732. The Kier molecular flexibility index (Phi) is 1.76. The van der Waals surface area contributed by atoms with Crippen LogP contribution in [0.1, 0.15) is 0 Å². The summed E-state index contributed by atoms with van der Waals surface area (Å²) >= 11 is 0. The van der Waals surface area contributed by atoms with Gasteiger partial charge in [-0.3, -0.25) is 0 Å². The fourth-order valence-electron chi connectivity index (χ4n) is 1.15. The van der Waals surface area contributed by atoms with Crippen LogP contribution in [-0.4, -0.2) is 13.5 Å². The lowest BCUT2D eigenvalue weighted by atomic mass is 10.2. The van der Waals surface area contributed by atoms with Crippen LogP contribution in [0.15, 0.2) is 33.8 Å². The Labute approximate surface area is 79.8 Å². The average molecular weight is 213 g/mol. The van der Waals surface area contributed by atoms with Gasteiger partial charge >= 0.3 is 0 Å². The number of nitrogens with two attached hydrogens (primary N) is 1. The van der Waals surface area contributed by atoms with Gasteiger partial charge in [-0.25, -0.2) is 13.6 Å². The van der Waals surface area contributed by atoms with E-state index in [9.17, 15) is 8.42 Å². The standard InChI is InChI=1S/C8H7NO4S/c9-14(11,12)8-4-5-3-6(10)1-2-7(5)13-8/h1-4,10H,(H2,9,11,12). The Balaban J connectivity index is 2.75. The summed E-state index contributed by atoms with van der Waals surface area (Å²) in [7, 11) is -3.83. The molecule has 14 heavy (non-hydrogen) atoms. The number of sulfonamides is 1. The highest BCUT2D eigenvalue weighted by Crippen LogP contribution is 2.25. The maximum Gasteiger partial charge on any atom is 0.271 e. The van der Waals surface area contributed by atoms with E-state index in [4.69, 9.17) is 14.7 Å². The monoisotopic (exact) mass is 213 g/mol. The van der Waals surface area contributed by atoms with E-state index in [0.29, 0.717) is 11.0 Å². The molecule has 3 N–H and O–H groups in total. The molecule has 0 unspecified atom stereocenters. The lowest BCUT2D eigenvalue weighted by Gasteiger charge is -1.89. The first-order valence-corrected chi connectivity index (χ1v) is 5.27. The minimum atomic E-state index is -3.83. The van der Waals surface area contributed by atoms with Crippen molar-refractivity contribution in [3.05, 3.63) is 24.3 Å². The molecule has 0 aliphatic rings. The van der Waals surface area contributed by atoms with E-state index in [1.165, 1.54) is 24.3 Å². The van der Waals surface area contributed by atoms with Crippen LogP contribution in [0.4, 0.5) is 0 Å². The molecular formula is C8H7NO4S. The molecule has 0 aliphatic heterocycles. The van der Waals surface area contributed by atoms with Crippen LogP contribution in [-0.2, 0) is 10.0 Å². The van der Waals surface area contributed by atoms with Gasteiger partial charge in [-0.15, -0.1) is 0 Å². The third-order valence-corrected chi connectivity index (χ3v) is 2.52. The maximum absolute atomic E-state index is 10.9. The molecule has 2 aromatic rings. The summed E-state index contributed by atoms with van der Waals surface area (Å²) in [4.78, 5) is 0. The average Bonchev–Trinajstić information content (AvgIpc) is 2.45. The predicted octanol–water partition coefficient (Wildman–Crippen LogP) is 0.786. The zero-order chi connectivity index (χ0) is 10.3. The smallest absolute Gasteiger partial charge is 0.271 e. The summed E-state index contributed by atoms with van der Waals surface area (Å²) in [6.07, 6.45) is 0. The van der Waals surface area contributed by atoms with Crippen LogP contribution < -0.4 is 5.14 Å². The highest BCUT2D eigenvalue weighted by molar-refractivity contribution is 7.89. The SMILES string of the molecule is NS(=O)(=O)c1cc2cc(O)ccc2o1. The summed E-state index contributed by atoms with van der Waals surface area (Å²) < 4.78 is 26.8. The van der Waals surface area contributed by atoms with Crippen LogP contribution in [0.2, 0.25) is 0 Å². The van der Waals surface area contributed by atoms with Crippen molar-refractivity contribution in [3.63, 3.8) is 0 Å². The summed E-state index contributed by atoms with van der Waals surface area (Å²) in [6.45, 7) is 0. The normalized spacial score (nSPS) is 12.1. The molecule has 0 aliphatic carbocycles.